The van der Waals surface area contributed by atoms with Gasteiger partial charge >= 0.3 is 5.97 Å². The number of aliphatic carboxylic acids is 1. The fourth-order valence-electron chi connectivity index (χ4n) is 2.56. The molecule has 2 heterocycles. The summed E-state index contributed by atoms with van der Waals surface area (Å²) in [5.41, 5.74) is -1.05. The van der Waals surface area contributed by atoms with Gasteiger partial charge in [0.25, 0.3) is 0 Å². The third-order valence-corrected chi connectivity index (χ3v) is 5.36. The highest BCUT2D eigenvalue weighted by atomic mass is 32.2. The van der Waals surface area contributed by atoms with Crippen LogP contribution in [0.4, 0.5) is 0 Å². The molecule has 2 rings (SSSR count). The van der Waals surface area contributed by atoms with Gasteiger partial charge in [0.1, 0.15) is 0 Å². The van der Waals surface area contributed by atoms with Gasteiger partial charge in [0, 0.05) is 26.4 Å². The summed E-state index contributed by atoms with van der Waals surface area (Å²) in [5, 5.41) is 9.35. The lowest BCUT2D eigenvalue weighted by molar-refractivity contribution is -0.154. The van der Waals surface area contributed by atoms with E-state index in [1.165, 1.54) is 0 Å². The zero-order chi connectivity index (χ0) is 14.6. The van der Waals surface area contributed by atoms with E-state index in [1.54, 1.807) is 0 Å². The molecule has 0 spiro atoms. The molecule has 2 aliphatic rings. The molecule has 2 fully saturated rings. The van der Waals surface area contributed by atoms with Gasteiger partial charge in [-0.3, -0.25) is 4.79 Å². The van der Waals surface area contributed by atoms with E-state index >= 15 is 0 Å². The van der Waals surface area contributed by atoms with Crippen LogP contribution in [0.5, 0.6) is 0 Å². The molecule has 0 aromatic rings. The molecule has 116 valence electrons. The van der Waals surface area contributed by atoms with Crippen LogP contribution in [-0.4, -0.2) is 57.7 Å². The smallest absolute Gasteiger partial charge is 0.311 e. The molecule has 8 heteroatoms. The highest BCUT2D eigenvalue weighted by molar-refractivity contribution is 7.89. The lowest BCUT2D eigenvalue weighted by Crippen LogP contribution is -2.47. The minimum absolute atomic E-state index is 0.0826. The van der Waals surface area contributed by atoms with Gasteiger partial charge in [0.05, 0.1) is 17.3 Å². The van der Waals surface area contributed by atoms with Crippen LogP contribution >= 0.6 is 0 Å². The Morgan fingerprint density at radius 1 is 1.30 bits per heavy atom. The maximum Gasteiger partial charge on any atom is 0.311 e. The number of hydrogen-bond donors (Lipinski definition) is 2. The van der Waals surface area contributed by atoms with Gasteiger partial charge in [-0.15, -0.1) is 0 Å². The lowest BCUT2D eigenvalue weighted by Gasteiger charge is -2.33. The van der Waals surface area contributed by atoms with Gasteiger partial charge in [-0.25, -0.2) is 13.1 Å². The number of rotatable bonds is 6. The van der Waals surface area contributed by atoms with E-state index in [9.17, 15) is 18.3 Å². The number of carbonyl (C=O) groups is 1. The van der Waals surface area contributed by atoms with Crippen molar-refractivity contribution in [1.82, 2.24) is 4.72 Å². The topological polar surface area (TPSA) is 102 Å². The summed E-state index contributed by atoms with van der Waals surface area (Å²) >= 11 is 0. The average Bonchev–Trinajstić information content (AvgIpc) is 2.89. The van der Waals surface area contributed by atoms with Crippen LogP contribution in [0.1, 0.15) is 25.7 Å². The van der Waals surface area contributed by atoms with Crippen molar-refractivity contribution in [3.05, 3.63) is 0 Å². The quantitative estimate of drug-likeness (QED) is 0.714. The molecule has 0 amide bonds. The predicted octanol–water partition coefficient (Wildman–Crippen LogP) is -0.0338. The van der Waals surface area contributed by atoms with E-state index in [-0.39, 0.29) is 18.4 Å². The molecular formula is C12H21NO6S. The largest absolute Gasteiger partial charge is 0.481 e. The Kier molecular flexibility index (Phi) is 5.00. The van der Waals surface area contributed by atoms with Crippen LogP contribution in [0, 0.1) is 5.41 Å². The maximum absolute atomic E-state index is 12.0. The molecule has 0 aromatic heterocycles. The molecule has 1 unspecified atom stereocenters. The first-order chi connectivity index (χ1) is 9.44. The standard InChI is InChI=1S/C12H21NO6S/c14-11(15)12(3-6-18-7-4-12)9-13-20(16,17)8-10-2-1-5-19-10/h10,13H,1-9H2,(H,14,15). The summed E-state index contributed by atoms with van der Waals surface area (Å²) in [7, 11) is -3.52. The Morgan fingerprint density at radius 3 is 2.55 bits per heavy atom. The number of carboxylic acid groups (broad SMARTS) is 1. The second-order valence-corrected chi connectivity index (χ2v) is 7.29. The first-order valence-electron chi connectivity index (χ1n) is 6.84. The third-order valence-electron chi connectivity index (χ3n) is 3.96. The first-order valence-corrected chi connectivity index (χ1v) is 8.49. The fourth-order valence-corrected chi connectivity index (χ4v) is 3.92. The first kappa shape index (κ1) is 15.7. The number of ether oxygens (including phenoxy) is 2. The minimum atomic E-state index is -3.52. The van der Waals surface area contributed by atoms with Crippen LogP contribution in [0.3, 0.4) is 0 Å². The monoisotopic (exact) mass is 307 g/mol. The highest BCUT2D eigenvalue weighted by Crippen LogP contribution is 2.30. The fraction of sp³-hybridized carbons (Fsp3) is 0.917. The van der Waals surface area contributed by atoms with E-state index in [0.717, 1.165) is 12.8 Å². The molecule has 0 aromatic carbocycles. The molecule has 0 aliphatic carbocycles. The zero-order valence-corrected chi connectivity index (χ0v) is 12.2. The normalized spacial score (nSPS) is 26.5. The van der Waals surface area contributed by atoms with Crippen molar-refractivity contribution in [3.63, 3.8) is 0 Å². The zero-order valence-electron chi connectivity index (χ0n) is 11.3. The van der Waals surface area contributed by atoms with E-state index in [1.807, 2.05) is 0 Å². The molecule has 0 bridgehead atoms. The molecule has 20 heavy (non-hydrogen) atoms. The van der Waals surface area contributed by atoms with Crippen LogP contribution in [-0.2, 0) is 24.3 Å². The third kappa shape index (κ3) is 3.91. The van der Waals surface area contributed by atoms with Gasteiger partial charge in [-0.05, 0) is 25.7 Å². The van der Waals surface area contributed by atoms with Crippen LogP contribution in [0.2, 0.25) is 0 Å². The predicted molar refractivity (Wildman–Crippen MR) is 70.9 cm³/mol. The van der Waals surface area contributed by atoms with Crippen molar-refractivity contribution in [3.8, 4) is 0 Å². The molecule has 1 atom stereocenters. The van der Waals surface area contributed by atoms with Crippen molar-refractivity contribution < 1.29 is 27.8 Å². The summed E-state index contributed by atoms with van der Waals surface area (Å²) in [5.74, 6) is -1.07. The van der Waals surface area contributed by atoms with Crippen molar-refractivity contribution >= 4 is 16.0 Å². The second-order valence-electron chi connectivity index (χ2n) is 5.44. The molecule has 2 N–H and O–H groups in total. The Bertz CT molecular complexity index is 437. The number of carboxylic acids is 1. The van der Waals surface area contributed by atoms with E-state index in [4.69, 9.17) is 9.47 Å². The van der Waals surface area contributed by atoms with Crippen LogP contribution in [0.15, 0.2) is 0 Å². The Balaban J connectivity index is 1.92. The lowest BCUT2D eigenvalue weighted by atomic mass is 9.80. The number of nitrogens with one attached hydrogen (secondary N) is 1. The van der Waals surface area contributed by atoms with E-state index in [2.05, 4.69) is 4.72 Å². The average molecular weight is 307 g/mol. The van der Waals surface area contributed by atoms with Gasteiger partial charge < -0.3 is 14.6 Å². The van der Waals surface area contributed by atoms with Crippen molar-refractivity contribution in [2.45, 2.75) is 31.8 Å². The summed E-state index contributed by atoms with van der Waals surface area (Å²) in [6.07, 6.45) is 1.98. The SMILES string of the molecule is O=C(O)C1(CNS(=O)(=O)CC2CCCO2)CCOCC1. The number of sulfonamides is 1. The van der Waals surface area contributed by atoms with Gasteiger partial charge in [0.15, 0.2) is 0 Å². The van der Waals surface area contributed by atoms with Gasteiger partial charge in [0.2, 0.25) is 10.0 Å². The minimum Gasteiger partial charge on any atom is -0.481 e. The molecule has 2 saturated heterocycles. The summed E-state index contributed by atoms with van der Waals surface area (Å²) in [6.45, 7) is 1.21. The molecule has 0 radical (unpaired) electrons. The number of hydrogen-bond acceptors (Lipinski definition) is 5. The van der Waals surface area contributed by atoms with Gasteiger partial charge in [-0.2, -0.15) is 0 Å². The van der Waals surface area contributed by atoms with Crippen LogP contribution < -0.4 is 4.72 Å². The summed E-state index contributed by atoms with van der Waals surface area (Å²) < 4.78 is 36.8. The Labute approximate surface area is 118 Å². The summed E-state index contributed by atoms with van der Waals surface area (Å²) in [4.78, 5) is 11.4. The highest BCUT2D eigenvalue weighted by Gasteiger charge is 2.41. The van der Waals surface area contributed by atoms with Gasteiger partial charge in [-0.1, -0.05) is 0 Å². The van der Waals surface area contributed by atoms with Crippen LogP contribution in [0.25, 0.3) is 0 Å². The Morgan fingerprint density at radius 2 is 2.00 bits per heavy atom. The molecule has 2 aliphatic heterocycles. The summed E-state index contributed by atoms with van der Waals surface area (Å²) in [6, 6.07) is 0. The maximum atomic E-state index is 12.0. The molecular weight excluding hydrogens is 286 g/mol. The van der Waals surface area contributed by atoms with Crippen molar-refractivity contribution in [2.24, 2.45) is 5.41 Å². The van der Waals surface area contributed by atoms with Crippen molar-refractivity contribution in [2.75, 3.05) is 32.1 Å². The molecule has 7 nitrogen and oxygen atoms in total. The van der Waals surface area contributed by atoms with E-state index in [0.29, 0.717) is 32.7 Å². The van der Waals surface area contributed by atoms with Crippen molar-refractivity contribution in [1.29, 1.82) is 0 Å². The van der Waals surface area contributed by atoms with E-state index < -0.39 is 21.4 Å². The Hall–Kier alpha value is -0.700. The molecule has 0 saturated carbocycles. The second kappa shape index (κ2) is 6.38.